The Morgan fingerprint density at radius 3 is 2.60 bits per heavy atom. The third kappa shape index (κ3) is 3.80. The highest BCUT2D eigenvalue weighted by Gasteiger charge is 2.19. The summed E-state index contributed by atoms with van der Waals surface area (Å²) in [6, 6.07) is 2.03. The summed E-state index contributed by atoms with van der Waals surface area (Å²) in [7, 11) is 0. The first-order valence-electron chi connectivity index (χ1n) is 5.62. The maximum atomic E-state index is 12.0. The average molecular weight is 315 g/mol. The van der Waals surface area contributed by atoms with E-state index in [0.29, 0.717) is 6.54 Å². The van der Waals surface area contributed by atoms with E-state index in [0.717, 1.165) is 0 Å². The van der Waals surface area contributed by atoms with Gasteiger partial charge in [0.15, 0.2) is 0 Å². The van der Waals surface area contributed by atoms with Crippen molar-refractivity contribution in [2.24, 2.45) is 0 Å². The summed E-state index contributed by atoms with van der Waals surface area (Å²) >= 11 is 11.7. The van der Waals surface area contributed by atoms with Crippen LogP contribution in [-0.4, -0.2) is 35.1 Å². The van der Waals surface area contributed by atoms with E-state index in [4.69, 9.17) is 34.7 Å². The lowest BCUT2D eigenvalue weighted by atomic mass is 10.2. The molecule has 1 aromatic carbocycles. The van der Waals surface area contributed by atoms with Crippen molar-refractivity contribution in [1.29, 1.82) is 0 Å². The van der Waals surface area contributed by atoms with Gasteiger partial charge in [-0.05, 0) is 19.1 Å². The van der Waals surface area contributed by atoms with Gasteiger partial charge in [-0.2, -0.15) is 0 Å². The van der Waals surface area contributed by atoms with Crippen molar-refractivity contribution in [3.8, 4) is 12.3 Å². The molecule has 0 aliphatic carbocycles. The smallest absolute Gasteiger partial charge is 0.337 e. The Balaban J connectivity index is 3.12. The lowest BCUT2D eigenvalue weighted by molar-refractivity contribution is 0.0698. The van der Waals surface area contributed by atoms with Crippen LogP contribution in [0.1, 0.15) is 17.3 Å². The second kappa shape index (κ2) is 7.04. The van der Waals surface area contributed by atoms with E-state index in [1.54, 1.807) is 6.92 Å². The number of hydrogen-bond donors (Lipinski definition) is 2. The molecule has 0 aliphatic rings. The summed E-state index contributed by atoms with van der Waals surface area (Å²) in [5, 5.41) is 11.8. The predicted molar refractivity (Wildman–Crippen MR) is 78.5 cm³/mol. The Morgan fingerprint density at radius 1 is 1.45 bits per heavy atom. The van der Waals surface area contributed by atoms with E-state index in [9.17, 15) is 9.59 Å². The van der Waals surface area contributed by atoms with Gasteiger partial charge in [0, 0.05) is 11.6 Å². The van der Waals surface area contributed by atoms with Crippen molar-refractivity contribution >= 4 is 40.9 Å². The number of carbonyl (C=O) groups is 2. The minimum atomic E-state index is -1.25. The SMILES string of the molecule is C#CCN(CC)C(=O)Nc1c(Cl)cc(Cl)cc1C(=O)O. The highest BCUT2D eigenvalue weighted by atomic mass is 35.5. The topological polar surface area (TPSA) is 69.6 Å². The number of rotatable bonds is 4. The maximum absolute atomic E-state index is 12.0. The van der Waals surface area contributed by atoms with Crippen LogP contribution in [-0.2, 0) is 0 Å². The fraction of sp³-hybridized carbons (Fsp3) is 0.231. The van der Waals surface area contributed by atoms with E-state index in [1.165, 1.54) is 17.0 Å². The first-order chi connectivity index (χ1) is 9.40. The van der Waals surface area contributed by atoms with E-state index in [1.807, 2.05) is 0 Å². The monoisotopic (exact) mass is 314 g/mol. The molecule has 0 bridgehead atoms. The molecule has 106 valence electrons. The van der Waals surface area contributed by atoms with Gasteiger partial charge in [-0.15, -0.1) is 6.42 Å². The van der Waals surface area contributed by atoms with Gasteiger partial charge >= 0.3 is 12.0 Å². The molecule has 0 saturated heterocycles. The Morgan fingerprint density at radius 2 is 2.10 bits per heavy atom. The van der Waals surface area contributed by atoms with Gasteiger partial charge in [-0.1, -0.05) is 29.1 Å². The normalized spacial score (nSPS) is 9.70. The van der Waals surface area contributed by atoms with Crippen LogP contribution in [0.5, 0.6) is 0 Å². The van der Waals surface area contributed by atoms with Crippen molar-refractivity contribution in [3.05, 3.63) is 27.7 Å². The molecule has 2 N–H and O–H groups in total. The molecular formula is C13H12Cl2N2O3. The maximum Gasteiger partial charge on any atom is 0.337 e. The minimum absolute atomic E-state index is 0.0101. The highest BCUT2D eigenvalue weighted by molar-refractivity contribution is 6.37. The van der Waals surface area contributed by atoms with Crippen molar-refractivity contribution in [1.82, 2.24) is 4.90 Å². The third-order valence-corrected chi connectivity index (χ3v) is 2.98. The molecular weight excluding hydrogens is 303 g/mol. The number of aromatic carboxylic acids is 1. The number of urea groups is 1. The number of anilines is 1. The van der Waals surface area contributed by atoms with Crippen LogP contribution >= 0.6 is 23.2 Å². The molecule has 0 atom stereocenters. The summed E-state index contributed by atoms with van der Waals surface area (Å²) in [5.41, 5.74) is -0.198. The lowest BCUT2D eigenvalue weighted by Crippen LogP contribution is -2.35. The standard InChI is InChI=1S/C13H12Cl2N2O3/c1-3-5-17(4-2)13(20)16-11-9(12(18)19)6-8(14)7-10(11)15/h1,6-7H,4-5H2,2H3,(H,16,20)(H,18,19). The molecule has 0 heterocycles. The molecule has 7 heteroatoms. The van der Waals surface area contributed by atoms with Gasteiger partial charge in [0.25, 0.3) is 0 Å². The van der Waals surface area contributed by atoms with E-state index < -0.39 is 12.0 Å². The molecule has 0 unspecified atom stereocenters. The van der Waals surface area contributed by atoms with E-state index >= 15 is 0 Å². The number of nitrogens with zero attached hydrogens (tertiary/aromatic N) is 1. The van der Waals surface area contributed by atoms with Gasteiger partial charge in [0.05, 0.1) is 22.8 Å². The van der Waals surface area contributed by atoms with Gasteiger partial charge in [0.2, 0.25) is 0 Å². The van der Waals surface area contributed by atoms with Crippen LogP contribution in [0, 0.1) is 12.3 Å². The number of amides is 2. The second-order valence-corrected chi connectivity index (χ2v) is 4.61. The summed E-state index contributed by atoms with van der Waals surface area (Å²) in [4.78, 5) is 24.5. The number of carboxylic acid groups (broad SMARTS) is 1. The van der Waals surface area contributed by atoms with Crippen LogP contribution in [0.2, 0.25) is 10.0 Å². The van der Waals surface area contributed by atoms with Gasteiger partial charge in [-0.3, -0.25) is 0 Å². The van der Waals surface area contributed by atoms with E-state index in [-0.39, 0.29) is 27.8 Å². The minimum Gasteiger partial charge on any atom is -0.478 e. The fourth-order valence-electron chi connectivity index (χ4n) is 1.49. The summed E-state index contributed by atoms with van der Waals surface area (Å²) in [6.07, 6.45) is 5.15. The molecule has 2 amide bonds. The molecule has 0 fully saturated rings. The van der Waals surface area contributed by atoms with Crippen molar-refractivity contribution in [2.75, 3.05) is 18.4 Å². The zero-order chi connectivity index (χ0) is 15.3. The van der Waals surface area contributed by atoms with Crippen LogP contribution in [0.4, 0.5) is 10.5 Å². The third-order valence-electron chi connectivity index (χ3n) is 2.47. The Bertz CT molecular complexity index is 582. The number of halogens is 2. The number of carboxylic acids is 1. The molecule has 0 saturated carbocycles. The molecule has 1 aromatic rings. The van der Waals surface area contributed by atoms with Crippen LogP contribution in [0.25, 0.3) is 0 Å². The second-order valence-electron chi connectivity index (χ2n) is 3.76. The Labute approximate surface area is 126 Å². The number of hydrogen-bond acceptors (Lipinski definition) is 2. The first kappa shape index (κ1) is 16.2. The first-order valence-corrected chi connectivity index (χ1v) is 6.38. The molecule has 0 aliphatic heterocycles. The number of carbonyl (C=O) groups excluding carboxylic acids is 1. The van der Waals surface area contributed by atoms with Crippen LogP contribution < -0.4 is 5.32 Å². The van der Waals surface area contributed by atoms with Crippen molar-refractivity contribution < 1.29 is 14.7 Å². The Hall–Kier alpha value is -1.90. The largest absolute Gasteiger partial charge is 0.478 e. The van der Waals surface area contributed by atoms with Gasteiger partial charge in [-0.25, -0.2) is 9.59 Å². The average Bonchev–Trinajstić information content (AvgIpc) is 2.38. The van der Waals surface area contributed by atoms with Crippen LogP contribution in [0.3, 0.4) is 0 Å². The lowest BCUT2D eigenvalue weighted by Gasteiger charge is -2.20. The summed E-state index contributed by atoms with van der Waals surface area (Å²) < 4.78 is 0. The zero-order valence-corrected chi connectivity index (χ0v) is 12.1. The number of benzene rings is 1. The van der Waals surface area contributed by atoms with E-state index in [2.05, 4.69) is 11.2 Å². The summed E-state index contributed by atoms with van der Waals surface area (Å²) in [5.74, 6) is 1.10. The quantitative estimate of drug-likeness (QED) is 0.839. The van der Waals surface area contributed by atoms with Crippen LogP contribution in [0.15, 0.2) is 12.1 Å². The molecule has 1 rings (SSSR count). The molecule has 0 spiro atoms. The van der Waals surface area contributed by atoms with Gasteiger partial charge in [0.1, 0.15) is 0 Å². The van der Waals surface area contributed by atoms with Crippen molar-refractivity contribution in [3.63, 3.8) is 0 Å². The molecule has 0 radical (unpaired) electrons. The predicted octanol–water partition coefficient (Wildman–Crippen LogP) is 3.18. The number of terminal acetylenes is 1. The zero-order valence-electron chi connectivity index (χ0n) is 10.6. The van der Waals surface area contributed by atoms with Crippen molar-refractivity contribution in [2.45, 2.75) is 6.92 Å². The van der Waals surface area contributed by atoms with Gasteiger partial charge < -0.3 is 15.3 Å². The highest BCUT2D eigenvalue weighted by Crippen LogP contribution is 2.30. The fourth-order valence-corrected chi connectivity index (χ4v) is 2.03. The summed E-state index contributed by atoms with van der Waals surface area (Å²) in [6.45, 7) is 2.23. The molecule has 5 nitrogen and oxygen atoms in total. The number of nitrogens with one attached hydrogen (secondary N) is 1. The molecule has 20 heavy (non-hydrogen) atoms. The molecule has 0 aromatic heterocycles. The Kier molecular flexibility index (Phi) is 5.68.